The van der Waals surface area contributed by atoms with Crippen LogP contribution in [0.2, 0.25) is 0 Å². The van der Waals surface area contributed by atoms with Gasteiger partial charge in [-0.25, -0.2) is 0 Å². The molecular formula is C13H17N3O2S. The standard InChI is InChI=1S/C13H17N3O2S/c1-19-5-4-10(14)13(18)15-9-2-3-11-8(6-9)7-12(17)16-11/h2-3,6,10H,4-5,7,14H2,1H3,(H,15,18)(H,16,17)/t10-/m0/s1. The number of hydrogen-bond donors (Lipinski definition) is 3. The van der Waals surface area contributed by atoms with Crippen LogP contribution in [0.15, 0.2) is 18.2 Å². The van der Waals surface area contributed by atoms with Crippen molar-refractivity contribution in [3.63, 3.8) is 0 Å². The summed E-state index contributed by atoms with van der Waals surface area (Å²) in [5.74, 6) is 0.651. The number of fused-ring (bicyclic) bond motifs is 1. The van der Waals surface area contributed by atoms with Gasteiger partial charge in [-0.2, -0.15) is 11.8 Å². The van der Waals surface area contributed by atoms with E-state index in [0.717, 1.165) is 17.0 Å². The second kappa shape index (κ2) is 6.08. The highest BCUT2D eigenvalue weighted by Gasteiger charge is 2.19. The molecule has 1 heterocycles. The third-order valence-corrected chi connectivity index (χ3v) is 3.61. The minimum absolute atomic E-state index is 0.0184. The lowest BCUT2D eigenvalue weighted by molar-refractivity contribution is -0.117. The van der Waals surface area contributed by atoms with Crippen molar-refractivity contribution in [2.24, 2.45) is 5.73 Å². The maximum atomic E-state index is 11.9. The summed E-state index contributed by atoms with van der Waals surface area (Å²) in [6.07, 6.45) is 2.99. The first-order chi connectivity index (χ1) is 9.10. The molecule has 0 radical (unpaired) electrons. The molecule has 19 heavy (non-hydrogen) atoms. The number of nitrogens with two attached hydrogens (primary N) is 1. The molecule has 4 N–H and O–H groups in total. The lowest BCUT2D eigenvalue weighted by Crippen LogP contribution is -2.36. The summed E-state index contributed by atoms with van der Waals surface area (Å²) in [4.78, 5) is 23.1. The van der Waals surface area contributed by atoms with Crippen molar-refractivity contribution in [2.45, 2.75) is 18.9 Å². The molecule has 0 fully saturated rings. The molecule has 0 bridgehead atoms. The average molecular weight is 279 g/mol. The molecule has 0 unspecified atom stereocenters. The fourth-order valence-corrected chi connectivity index (χ4v) is 2.41. The number of hydrogen-bond acceptors (Lipinski definition) is 4. The van der Waals surface area contributed by atoms with Crippen LogP contribution in [-0.2, 0) is 16.0 Å². The van der Waals surface area contributed by atoms with Crippen LogP contribution in [0.25, 0.3) is 0 Å². The van der Waals surface area contributed by atoms with Gasteiger partial charge in [0.25, 0.3) is 0 Å². The van der Waals surface area contributed by atoms with E-state index in [1.54, 1.807) is 23.9 Å². The number of benzene rings is 1. The number of thioether (sulfide) groups is 1. The van der Waals surface area contributed by atoms with Gasteiger partial charge in [-0.15, -0.1) is 0 Å². The first-order valence-corrected chi connectivity index (χ1v) is 7.47. The molecule has 0 aliphatic carbocycles. The molecular weight excluding hydrogens is 262 g/mol. The molecule has 1 atom stereocenters. The topological polar surface area (TPSA) is 84.2 Å². The smallest absolute Gasteiger partial charge is 0.241 e. The van der Waals surface area contributed by atoms with E-state index in [1.807, 2.05) is 12.3 Å². The van der Waals surface area contributed by atoms with Gasteiger partial charge in [0.15, 0.2) is 0 Å². The summed E-state index contributed by atoms with van der Waals surface area (Å²) in [6, 6.07) is 4.87. The van der Waals surface area contributed by atoms with Crippen LogP contribution in [0.4, 0.5) is 11.4 Å². The summed E-state index contributed by atoms with van der Waals surface area (Å²) in [6.45, 7) is 0. The van der Waals surface area contributed by atoms with Crippen molar-refractivity contribution in [2.75, 3.05) is 22.6 Å². The molecule has 6 heteroatoms. The SMILES string of the molecule is CSCC[C@H](N)C(=O)Nc1ccc2c(c1)CC(=O)N2. The molecule has 2 amide bonds. The van der Waals surface area contributed by atoms with Gasteiger partial charge in [-0.05, 0) is 42.2 Å². The van der Waals surface area contributed by atoms with E-state index in [1.165, 1.54) is 0 Å². The highest BCUT2D eigenvalue weighted by Crippen LogP contribution is 2.26. The molecule has 1 aromatic rings. The van der Waals surface area contributed by atoms with Crippen LogP contribution in [0, 0.1) is 0 Å². The fraction of sp³-hybridized carbons (Fsp3) is 0.385. The summed E-state index contributed by atoms with van der Waals surface area (Å²) in [7, 11) is 0. The molecule has 1 aliphatic heterocycles. The Labute approximate surface area is 116 Å². The Bertz CT molecular complexity index is 505. The Hall–Kier alpha value is -1.53. The minimum Gasteiger partial charge on any atom is -0.326 e. The third kappa shape index (κ3) is 3.48. The largest absolute Gasteiger partial charge is 0.326 e. The molecule has 102 valence electrons. The summed E-state index contributed by atoms with van der Waals surface area (Å²) in [5, 5.41) is 5.53. The van der Waals surface area contributed by atoms with Crippen molar-refractivity contribution in [1.29, 1.82) is 0 Å². The predicted molar refractivity (Wildman–Crippen MR) is 78.4 cm³/mol. The van der Waals surface area contributed by atoms with Gasteiger partial charge in [0.1, 0.15) is 0 Å². The van der Waals surface area contributed by atoms with Crippen LogP contribution in [0.5, 0.6) is 0 Å². The van der Waals surface area contributed by atoms with E-state index in [0.29, 0.717) is 18.5 Å². The number of nitrogens with one attached hydrogen (secondary N) is 2. The Kier molecular flexibility index (Phi) is 4.44. The molecule has 0 saturated carbocycles. The Morgan fingerprint density at radius 1 is 1.58 bits per heavy atom. The quantitative estimate of drug-likeness (QED) is 0.756. The van der Waals surface area contributed by atoms with E-state index in [-0.39, 0.29) is 11.8 Å². The molecule has 1 aromatic carbocycles. The normalized spacial score (nSPS) is 14.7. The number of carbonyl (C=O) groups is 2. The molecule has 2 rings (SSSR count). The Morgan fingerprint density at radius 2 is 2.37 bits per heavy atom. The first-order valence-electron chi connectivity index (χ1n) is 6.08. The van der Waals surface area contributed by atoms with Gasteiger partial charge in [0.05, 0.1) is 12.5 Å². The van der Waals surface area contributed by atoms with Gasteiger partial charge in [-0.3, -0.25) is 9.59 Å². The molecule has 0 spiro atoms. The monoisotopic (exact) mass is 279 g/mol. The summed E-state index contributed by atoms with van der Waals surface area (Å²) >= 11 is 1.66. The minimum atomic E-state index is -0.500. The van der Waals surface area contributed by atoms with E-state index >= 15 is 0 Å². The van der Waals surface area contributed by atoms with Crippen molar-refractivity contribution in [1.82, 2.24) is 0 Å². The predicted octanol–water partition coefficient (Wildman–Crippen LogP) is 1.20. The van der Waals surface area contributed by atoms with Crippen LogP contribution in [0.3, 0.4) is 0 Å². The second-order valence-corrected chi connectivity index (χ2v) is 5.46. The van der Waals surface area contributed by atoms with Crippen LogP contribution in [-0.4, -0.2) is 29.9 Å². The number of anilines is 2. The van der Waals surface area contributed by atoms with Gasteiger partial charge in [-0.1, -0.05) is 0 Å². The van der Waals surface area contributed by atoms with E-state index in [9.17, 15) is 9.59 Å². The van der Waals surface area contributed by atoms with E-state index < -0.39 is 6.04 Å². The third-order valence-electron chi connectivity index (χ3n) is 2.97. The summed E-state index contributed by atoms with van der Waals surface area (Å²) in [5.41, 5.74) is 8.19. The zero-order valence-corrected chi connectivity index (χ0v) is 11.5. The van der Waals surface area contributed by atoms with Crippen LogP contribution in [0.1, 0.15) is 12.0 Å². The molecule has 1 aliphatic rings. The van der Waals surface area contributed by atoms with Gasteiger partial charge < -0.3 is 16.4 Å². The average Bonchev–Trinajstić information content (AvgIpc) is 2.75. The lowest BCUT2D eigenvalue weighted by atomic mass is 10.1. The highest BCUT2D eigenvalue weighted by molar-refractivity contribution is 7.98. The van der Waals surface area contributed by atoms with Crippen LogP contribution < -0.4 is 16.4 Å². The van der Waals surface area contributed by atoms with E-state index in [2.05, 4.69) is 10.6 Å². The van der Waals surface area contributed by atoms with Crippen molar-refractivity contribution in [3.8, 4) is 0 Å². The maximum Gasteiger partial charge on any atom is 0.241 e. The second-order valence-electron chi connectivity index (χ2n) is 4.47. The first kappa shape index (κ1) is 13.9. The van der Waals surface area contributed by atoms with E-state index in [4.69, 9.17) is 5.73 Å². The number of rotatable bonds is 5. The lowest BCUT2D eigenvalue weighted by Gasteiger charge is -2.12. The van der Waals surface area contributed by atoms with Crippen LogP contribution >= 0.6 is 11.8 Å². The number of carbonyl (C=O) groups excluding carboxylic acids is 2. The maximum absolute atomic E-state index is 11.9. The zero-order valence-electron chi connectivity index (χ0n) is 10.7. The summed E-state index contributed by atoms with van der Waals surface area (Å²) < 4.78 is 0. The molecule has 5 nitrogen and oxygen atoms in total. The Morgan fingerprint density at radius 3 is 3.11 bits per heavy atom. The fourth-order valence-electron chi connectivity index (χ4n) is 1.92. The van der Waals surface area contributed by atoms with Crippen molar-refractivity contribution < 1.29 is 9.59 Å². The Balaban J connectivity index is 1.98. The van der Waals surface area contributed by atoms with Crippen molar-refractivity contribution >= 4 is 35.0 Å². The zero-order chi connectivity index (χ0) is 13.8. The van der Waals surface area contributed by atoms with Gasteiger partial charge >= 0.3 is 0 Å². The van der Waals surface area contributed by atoms with Gasteiger partial charge in [0, 0.05) is 11.4 Å². The highest BCUT2D eigenvalue weighted by atomic mass is 32.2. The van der Waals surface area contributed by atoms with Crippen molar-refractivity contribution in [3.05, 3.63) is 23.8 Å². The van der Waals surface area contributed by atoms with Gasteiger partial charge in [0.2, 0.25) is 11.8 Å². The number of amides is 2. The molecule has 0 aromatic heterocycles. The molecule has 0 saturated heterocycles.